The number of rotatable bonds is 6. The van der Waals surface area contributed by atoms with Crippen LogP contribution in [-0.2, 0) is 0 Å². The smallest absolute Gasteiger partial charge is 0.254 e. The molecule has 0 bridgehead atoms. The quantitative estimate of drug-likeness (QED) is 0.738. The molecule has 100 valence electrons. The zero-order chi connectivity index (χ0) is 13.5. The molecule has 1 aromatic carbocycles. The Balaban J connectivity index is 2.59. The number of halogens is 3. The first-order valence-corrected chi connectivity index (χ1v) is 7.79. The molecule has 0 saturated heterocycles. The molecule has 0 saturated carbocycles. The van der Waals surface area contributed by atoms with Crippen molar-refractivity contribution in [3.05, 3.63) is 34.1 Å². The van der Waals surface area contributed by atoms with Crippen LogP contribution in [0.4, 0.5) is 4.39 Å². The van der Waals surface area contributed by atoms with Crippen LogP contribution in [0.5, 0.6) is 0 Å². The molecule has 1 aromatic rings. The van der Waals surface area contributed by atoms with E-state index in [1.165, 1.54) is 12.1 Å². The summed E-state index contributed by atoms with van der Waals surface area (Å²) in [6, 6.07) is 4.44. The van der Waals surface area contributed by atoms with E-state index < -0.39 is 5.82 Å². The summed E-state index contributed by atoms with van der Waals surface area (Å²) in [5.41, 5.74) is 0.0897. The molecule has 0 aliphatic rings. The van der Waals surface area contributed by atoms with E-state index in [1.807, 2.05) is 0 Å². The van der Waals surface area contributed by atoms with Gasteiger partial charge >= 0.3 is 0 Å². The SMILES string of the molecule is CCC(CCBr)CNC(=O)c1ccc(Br)cc1F. The van der Waals surface area contributed by atoms with E-state index in [2.05, 4.69) is 44.1 Å². The Morgan fingerprint density at radius 1 is 1.50 bits per heavy atom. The lowest BCUT2D eigenvalue weighted by Crippen LogP contribution is -2.30. The molecule has 5 heteroatoms. The highest BCUT2D eigenvalue weighted by Gasteiger charge is 2.13. The maximum absolute atomic E-state index is 13.6. The number of benzene rings is 1. The number of amides is 1. The van der Waals surface area contributed by atoms with Crippen LogP contribution in [0.15, 0.2) is 22.7 Å². The second kappa shape index (κ2) is 7.89. The summed E-state index contributed by atoms with van der Waals surface area (Å²) in [6.45, 7) is 2.66. The molecule has 1 N–H and O–H groups in total. The fraction of sp³-hybridized carbons (Fsp3) is 0.462. The molecule has 0 aliphatic carbocycles. The number of hydrogen-bond donors (Lipinski definition) is 1. The predicted octanol–water partition coefficient (Wildman–Crippen LogP) is 4.13. The molecule has 0 fully saturated rings. The number of hydrogen-bond acceptors (Lipinski definition) is 1. The van der Waals surface area contributed by atoms with E-state index in [-0.39, 0.29) is 11.5 Å². The van der Waals surface area contributed by atoms with Crippen LogP contribution in [0.25, 0.3) is 0 Å². The Kier molecular flexibility index (Phi) is 6.86. The number of carbonyl (C=O) groups is 1. The van der Waals surface area contributed by atoms with E-state index >= 15 is 0 Å². The third-order valence-corrected chi connectivity index (χ3v) is 3.77. The van der Waals surface area contributed by atoms with Crippen molar-refractivity contribution in [1.29, 1.82) is 0 Å². The summed E-state index contributed by atoms with van der Waals surface area (Å²) < 4.78 is 14.2. The Morgan fingerprint density at radius 3 is 2.78 bits per heavy atom. The van der Waals surface area contributed by atoms with Gasteiger partial charge in [0.25, 0.3) is 5.91 Å². The minimum atomic E-state index is -0.504. The summed E-state index contributed by atoms with van der Waals surface area (Å²) in [7, 11) is 0. The van der Waals surface area contributed by atoms with Crippen molar-refractivity contribution in [2.24, 2.45) is 5.92 Å². The fourth-order valence-corrected chi connectivity index (χ4v) is 2.59. The minimum Gasteiger partial charge on any atom is -0.352 e. The molecule has 1 amide bonds. The largest absolute Gasteiger partial charge is 0.352 e. The van der Waals surface area contributed by atoms with Crippen molar-refractivity contribution in [3.63, 3.8) is 0 Å². The van der Waals surface area contributed by atoms with E-state index in [4.69, 9.17) is 0 Å². The van der Waals surface area contributed by atoms with Crippen LogP contribution < -0.4 is 5.32 Å². The molecule has 0 spiro atoms. The van der Waals surface area contributed by atoms with Gasteiger partial charge in [0.05, 0.1) is 5.56 Å². The Morgan fingerprint density at radius 2 is 2.22 bits per heavy atom. The first-order chi connectivity index (χ1) is 8.58. The van der Waals surface area contributed by atoms with E-state index in [0.717, 1.165) is 18.2 Å². The molecule has 0 heterocycles. The zero-order valence-corrected chi connectivity index (χ0v) is 13.4. The van der Waals surface area contributed by atoms with Crippen molar-refractivity contribution < 1.29 is 9.18 Å². The Labute approximate surface area is 124 Å². The standard InChI is InChI=1S/C13H16Br2FNO/c1-2-9(5-6-14)8-17-13(18)11-4-3-10(15)7-12(11)16/h3-4,7,9H,2,5-6,8H2,1H3,(H,17,18). The lowest BCUT2D eigenvalue weighted by Gasteiger charge is -2.14. The van der Waals surface area contributed by atoms with Crippen LogP contribution in [0.2, 0.25) is 0 Å². The van der Waals surface area contributed by atoms with Gasteiger partial charge in [0, 0.05) is 16.3 Å². The topological polar surface area (TPSA) is 29.1 Å². The van der Waals surface area contributed by atoms with E-state index in [0.29, 0.717) is 16.9 Å². The van der Waals surface area contributed by atoms with E-state index in [9.17, 15) is 9.18 Å². The van der Waals surface area contributed by atoms with Crippen LogP contribution in [-0.4, -0.2) is 17.8 Å². The fourth-order valence-electron chi connectivity index (χ4n) is 1.61. The maximum Gasteiger partial charge on any atom is 0.254 e. The highest BCUT2D eigenvalue weighted by molar-refractivity contribution is 9.10. The van der Waals surface area contributed by atoms with Gasteiger partial charge in [-0.15, -0.1) is 0 Å². The molecular formula is C13H16Br2FNO. The summed E-state index contributed by atoms with van der Waals surface area (Å²) in [5.74, 6) is -0.435. The summed E-state index contributed by atoms with van der Waals surface area (Å²) in [6.07, 6.45) is 1.99. The second-order valence-corrected chi connectivity index (χ2v) is 5.79. The van der Waals surface area contributed by atoms with Crippen molar-refractivity contribution in [1.82, 2.24) is 5.32 Å². The third-order valence-electron chi connectivity index (χ3n) is 2.82. The van der Waals surface area contributed by atoms with Crippen molar-refractivity contribution in [3.8, 4) is 0 Å². The van der Waals surface area contributed by atoms with Crippen molar-refractivity contribution in [2.45, 2.75) is 19.8 Å². The van der Waals surface area contributed by atoms with Gasteiger partial charge in [0.15, 0.2) is 0 Å². The average Bonchev–Trinajstić information content (AvgIpc) is 2.34. The van der Waals surface area contributed by atoms with Gasteiger partial charge in [-0.1, -0.05) is 45.2 Å². The van der Waals surface area contributed by atoms with Gasteiger partial charge in [-0.3, -0.25) is 4.79 Å². The molecule has 18 heavy (non-hydrogen) atoms. The first kappa shape index (κ1) is 15.6. The molecule has 1 unspecified atom stereocenters. The zero-order valence-electron chi connectivity index (χ0n) is 10.2. The van der Waals surface area contributed by atoms with Crippen molar-refractivity contribution >= 4 is 37.8 Å². The normalized spacial score (nSPS) is 12.2. The third kappa shape index (κ3) is 4.69. The summed E-state index contributed by atoms with van der Waals surface area (Å²) >= 11 is 6.55. The Hall–Kier alpha value is -0.420. The molecule has 1 rings (SSSR count). The van der Waals surface area contributed by atoms with Crippen LogP contribution >= 0.6 is 31.9 Å². The van der Waals surface area contributed by atoms with Crippen LogP contribution in [0, 0.1) is 11.7 Å². The molecule has 0 radical (unpaired) electrons. The van der Waals surface area contributed by atoms with E-state index in [1.54, 1.807) is 6.07 Å². The van der Waals surface area contributed by atoms with Gasteiger partial charge < -0.3 is 5.32 Å². The lowest BCUT2D eigenvalue weighted by molar-refractivity contribution is 0.0942. The number of alkyl halides is 1. The Bertz CT molecular complexity index is 412. The van der Waals surface area contributed by atoms with Crippen LogP contribution in [0.1, 0.15) is 30.1 Å². The first-order valence-electron chi connectivity index (χ1n) is 5.87. The number of carbonyl (C=O) groups excluding carboxylic acids is 1. The lowest BCUT2D eigenvalue weighted by atomic mass is 10.0. The maximum atomic E-state index is 13.6. The minimum absolute atomic E-state index is 0.0897. The average molecular weight is 381 g/mol. The molecule has 2 nitrogen and oxygen atoms in total. The second-order valence-electron chi connectivity index (χ2n) is 4.09. The van der Waals surface area contributed by atoms with Crippen molar-refractivity contribution in [2.75, 3.05) is 11.9 Å². The predicted molar refractivity (Wildman–Crippen MR) is 78.6 cm³/mol. The van der Waals surface area contributed by atoms with Gasteiger partial charge in [-0.2, -0.15) is 0 Å². The highest BCUT2D eigenvalue weighted by atomic mass is 79.9. The molecule has 0 aliphatic heterocycles. The summed E-state index contributed by atoms with van der Waals surface area (Å²) in [4.78, 5) is 11.8. The van der Waals surface area contributed by atoms with Gasteiger partial charge in [0.2, 0.25) is 0 Å². The van der Waals surface area contributed by atoms with Gasteiger partial charge in [-0.05, 0) is 30.5 Å². The molecular weight excluding hydrogens is 365 g/mol. The monoisotopic (exact) mass is 379 g/mol. The molecule has 0 aromatic heterocycles. The number of nitrogens with one attached hydrogen (secondary N) is 1. The summed E-state index contributed by atoms with van der Waals surface area (Å²) in [5, 5.41) is 3.69. The van der Waals surface area contributed by atoms with Gasteiger partial charge in [-0.25, -0.2) is 4.39 Å². The molecule has 1 atom stereocenters. The van der Waals surface area contributed by atoms with Crippen LogP contribution in [0.3, 0.4) is 0 Å². The highest BCUT2D eigenvalue weighted by Crippen LogP contribution is 2.15. The van der Waals surface area contributed by atoms with Gasteiger partial charge in [0.1, 0.15) is 5.82 Å².